The number of nitrogens with one attached hydrogen (secondary N) is 1. The Labute approximate surface area is 145 Å². The van der Waals surface area contributed by atoms with Crippen LogP contribution in [0.2, 0.25) is 0 Å². The van der Waals surface area contributed by atoms with Crippen LogP contribution in [-0.2, 0) is 16.1 Å². The highest BCUT2D eigenvalue weighted by atomic mass is 16.5. The summed E-state index contributed by atoms with van der Waals surface area (Å²) < 4.78 is 4.98. The number of pyridine rings is 1. The number of carbonyl (C=O) groups excluding carboxylic acids is 1. The normalized spacial score (nSPS) is 15.5. The van der Waals surface area contributed by atoms with E-state index in [2.05, 4.69) is 39.2 Å². The predicted octanol–water partition coefficient (Wildman–Crippen LogP) is 1.66. The molecular weight excluding hydrogens is 304 g/mol. The summed E-state index contributed by atoms with van der Waals surface area (Å²) in [6.07, 6.45) is 4.20. The summed E-state index contributed by atoms with van der Waals surface area (Å²) in [6, 6.07) is 4.11. The zero-order valence-corrected chi connectivity index (χ0v) is 15.0. The van der Waals surface area contributed by atoms with Gasteiger partial charge in [-0.3, -0.25) is 4.79 Å². The molecule has 0 saturated carbocycles. The third-order valence-corrected chi connectivity index (χ3v) is 4.44. The van der Waals surface area contributed by atoms with E-state index in [-0.39, 0.29) is 5.91 Å². The lowest BCUT2D eigenvalue weighted by Crippen LogP contribution is -2.46. The number of methoxy groups -OCH3 is 1. The Morgan fingerprint density at radius 3 is 2.67 bits per heavy atom. The van der Waals surface area contributed by atoms with Crippen molar-refractivity contribution in [3.05, 3.63) is 23.9 Å². The largest absolute Gasteiger partial charge is 0.385 e. The van der Waals surface area contributed by atoms with E-state index in [9.17, 15) is 4.79 Å². The molecule has 1 fully saturated rings. The molecule has 0 aromatic carbocycles. The van der Waals surface area contributed by atoms with Gasteiger partial charge in [0.15, 0.2) is 0 Å². The summed E-state index contributed by atoms with van der Waals surface area (Å²) in [6.45, 7) is 8.82. The summed E-state index contributed by atoms with van der Waals surface area (Å²) in [5, 5.41) is 2.95. The monoisotopic (exact) mass is 334 g/mol. The lowest BCUT2D eigenvalue weighted by Gasteiger charge is -2.34. The molecular formula is C18H30N4O2. The second-order valence-corrected chi connectivity index (χ2v) is 6.17. The van der Waals surface area contributed by atoms with Crippen LogP contribution in [0.5, 0.6) is 0 Å². The predicted molar refractivity (Wildman–Crippen MR) is 96.1 cm³/mol. The zero-order chi connectivity index (χ0) is 17.2. The van der Waals surface area contributed by atoms with Gasteiger partial charge in [0.2, 0.25) is 5.91 Å². The van der Waals surface area contributed by atoms with E-state index in [0.29, 0.717) is 19.6 Å². The minimum absolute atomic E-state index is 0.0888. The molecule has 1 aromatic rings. The molecule has 0 aliphatic carbocycles. The van der Waals surface area contributed by atoms with Gasteiger partial charge < -0.3 is 19.9 Å². The van der Waals surface area contributed by atoms with Crippen molar-refractivity contribution >= 4 is 11.7 Å². The molecule has 6 heteroatoms. The van der Waals surface area contributed by atoms with Gasteiger partial charge in [0.25, 0.3) is 0 Å². The van der Waals surface area contributed by atoms with Crippen LogP contribution in [0.25, 0.3) is 0 Å². The molecule has 6 nitrogen and oxygen atoms in total. The number of likely N-dealkylation sites (N-methyl/N-ethyl adjacent to an activating group) is 1. The fourth-order valence-corrected chi connectivity index (χ4v) is 2.82. The highest BCUT2D eigenvalue weighted by Crippen LogP contribution is 2.14. The van der Waals surface area contributed by atoms with Crippen LogP contribution in [0.1, 0.15) is 31.7 Å². The van der Waals surface area contributed by atoms with Crippen molar-refractivity contribution in [3.63, 3.8) is 0 Å². The molecule has 1 amide bonds. The minimum Gasteiger partial charge on any atom is -0.385 e. The van der Waals surface area contributed by atoms with Crippen molar-refractivity contribution in [2.75, 3.05) is 51.3 Å². The van der Waals surface area contributed by atoms with Gasteiger partial charge in [0.05, 0.1) is 0 Å². The van der Waals surface area contributed by atoms with Crippen LogP contribution in [0.15, 0.2) is 18.3 Å². The molecule has 24 heavy (non-hydrogen) atoms. The maximum atomic E-state index is 11.8. The molecule has 0 atom stereocenters. The summed E-state index contributed by atoms with van der Waals surface area (Å²) in [5.41, 5.74) is 1.04. The van der Waals surface area contributed by atoms with Crippen LogP contribution in [-0.4, -0.2) is 62.2 Å². The lowest BCUT2D eigenvalue weighted by atomic mass is 10.2. The third-order valence-electron chi connectivity index (χ3n) is 4.44. The van der Waals surface area contributed by atoms with E-state index < -0.39 is 0 Å². The summed E-state index contributed by atoms with van der Waals surface area (Å²) in [7, 11) is 1.68. The second-order valence-electron chi connectivity index (χ2n) is 6.17. The number of nitrogens with zero attached hydrogens (tertiary/aromatic N) is 3. The van der Waals surface area contributed by atoms with Crippen molar-refractivity contribution in [1.82, 2.24) is 15.2 Å². The van der Waals surface area contributed by atoms with Gasteiger partial charge in [-0.05, 0) is 31.0 Å². The average Bonchev–Trinajstić information content (AvgIpc) is 2.64. The Morgan fingerprint density at radius 1 is 1.25 bits per heavy atom. The number of carbonyl (C=O) groups is 1. The van der Waals surface area contributed by atoms with Gasteiger partial charge in [0.1, 0.15) is 5.82 Å². The third kappa shape index (κ3) is 6.09. The molecule has 0 spiro atoms. The molecule has 0 bridgehead atoms. The van der Waals surface area contributed by atoms with Crippen molar-refractivity contribution in [2.24, 2.45) is 0 Å². The highest BCUT2D eigenvalue weighted by Gasteiger charge is 2.16. The van der Waals surface area contributed by atoms with Crippen LogP contribution < -0.4 is 10.2 Å². The first-order valence-corrected chi connectivity index (χ1v) is 8.90. The van der Waals surface area contributed by atoms with E-state index in [1.807, 2.05) is 6.20 Å². The Hall–Kier alpha value is -1.66. The van der Waals surface area contributed by atoms with Gasteiger partial charge in [-0.25, -0.2) is 4.98 Å². The molecule has 1 aliphatic heterocycles. The zero-order valence-electron chi connectivity index (χ0n) is 15.0. The number of hydrogen-bond donors (Lipinski definition) is 1. The van der Waals surface area contributed by atoms with Crippen molar-refractivity contribution in [3.8, 4) is 0 Å². The SMILES string of the molecule is CCN1CCN(c2ccc(CNC(=O)CCCCOC)cn2)CC1. The number of rotatable bonds is 9. The fraction of sp³-hybridized carbons (Fsp3) is 0.667. The molecule has 1 aliphatic rings. The molecule has 2 rings (SSSR count). The topological polar surface area (TPSA) is 57.7 Å². The van der Waals surface area contributed by atoms with E-state index >= 15 is 0 Å². The van der Waals surface area contributed by atoms with Gasteiger partial charge >= 0.3 is 0 Å². The quantitative estimate of drug-likeness (QED) is 0.696. The first-order chi connectivity index (χ1) is 11.7. The van der Waals surface area contributed by atoms with E-state index in [4.69, 9.17) is 4.74 Å². The molecule has 0 unspecified atom stereocenters. The Morgan fingerprint density at radius 2 is 2.04 bits per heavy atom. The van der Waals surface area contributed by atoms with E-state index in [1.165, 1.54) is 0 Å². The van der Waals surface area contributed by atoms with E-state index in [1.54, 1.807) is 7.11 Å². The number of anilines is 1. The van der Waals surface area contributed by atoms with Crippen molar-refractivity contribution in [1.29, 1.82) is 0 Å². The summed E-state index contributed by atoms with van der Waals surface area (Å²) >= 11 is 0. The van der Waals surface area contributed by atoms with Crippen LogP contribution >= 0.6 is 0 Å². The second kappa shape index (κ2) is 10.3. The first kappa shape index (κ1) is 18.7. The standard InChI is InChI=1S/C18H30N4O2/c1-3-21-9-11-22(12-10-21)17-8-7-16(14-19-17)15-20-18(23)6-4-5-13-24-2/h7-8,14H,3-6,9-13,15H2,1-2H3,(H,20,23). The van der Waals surface area contributed by atoms with Crippen LogP contribution in [0.3, 0.4) is 0 Å². The molecule has 0 radical (unpaired) electrons. The first-order valence-electron chi connectivity index (χ1n) is 8.90. The molecule has 1 saturated heterocycles. The van der Waals surface area contributed by atoms with Gasteiger partial charge in [-0.1, -0.05) is 13.0 Å². The fourth-order valence-electron chi connectivity index (χ4n) is 2.82. The van der Waals surface area contributed by atoms with E-state index in [0.717, 1.165) is 56.9 Å². The maximum Gasteiger partial charge on any atom is 0.220 e. The molecule has 1 aromatic heterocycles. The number of piperazine rings is 1. The molecule has 2 heterocycles. The number of aromatic nitrogens is 1. The maximum absolute atomic E-state index is 11.8. The number of hydrogen-bond acceptors (Lipinski definition) is 5. The molecule has 1 N–H and O–H groups in total. The van der Waals surface area contributed by atoms with Gasteiger partial charge in [-0.15, -0.1) is 0 Å². The van der Waals surface area contributed by atoms with Gasteiger partial charge in [0, 0.05) is 59.1 Å². The Bertz CT molecular complexity index is 484. The minimum atomic E-state index is 0.0888. The number of ether oxygens (including phenoxy) is 1. The Kier molecular flexibility index (Phi) is 7.98. The van der Waals surface area contributed by atoms with Crippen LogP contribution in [0, 0.1) is 0 Å². The highest BCUT2D eigenvalue weighted by molar-refractivity contribution is 5.75. The van der Waals surface area contributed by atoms with Gasteiger partial charge in [-0.2, -0.15) is 0 Å². The lowest BCUT2D eigenvalue weighted by molar-refractivity contribution is -0.121. The summed E-state index contributed by atoms with van der Waals surface area (Å²) in [4.78, 5) is 21.1. The Balaban J connectivity index is 1.71. The van der Waals surface area contributed by atoms with Crippen molar-refractivity contribution in [2.45, 2.75) is 32.7 Å². The molecule has 134 valence electrons. The van der Waals surface area contributed by atoms with Crippen LogP contribution in [0.4, 0.5) is 5.82 Å². The smallest absolute Gasteiger partial charge is 0.220 e. The number of amides is 1. The van der Waals surface area contributed by atoms with Crippen molar-refractivity contribution < 1.29 is 9.53 Å². The average molecular weight is 334 g/mol. The number of unbranched alkanes of at least 4 members (excludes halogenated alkanes) is 1. The summed E-state index contributed by atoms with van der Waals surface area (Å²) in [5.74, 6) is 1.12.